The quantitative estimate of drug-likeness (QED) is 0.686. The third-order valence-electron chi connectivity index (χ3n) is 3.83. The summed E-state index contributed by atoms with van der Waals surface area (Å²) < 4.78 is 73.5. The summed E-state index contributed by atoms with van der Waals surface area (Å²) in [6, 6.07) is 3.96. The summed E-state index contributed by atoms with van der Waals surface area (Å²) in [7, 11) is 0. The molecular formula is C18H12BrF5N2O2. The molecule has 1 aliphatic heterocycles. The van der Waals surface area contributed by atoms with E-state index in [-0.39, 0.29) is 22.6 Å². The van der Waals surface area contributed by atoms with Gasteiger partial charge in [0.15, 0.2) is 17.8 Å². The molecule has 2 aromatic carbocycles. The molecule has 0 saturated heterocycles. The van der Waals surface area contributed by atoms with Crippen LogP contribution in [-0.2, 0) is 11.3 Å². The second-order valence-electron chi connectivity index (χ2n) is 5.72. The maximum atomic E-state index is 14.1. The summed E-state index contributed by atoms with van der Waals surface area (Å²) in [6.45, 7) is -0.948. The van der Waals surface area contributed by atoms with Crippen molar-refractivity contribution in [3.8, 4) is 0 Å². The van der Waals surface area contributed by atoms with Gasteiger partial charge in [-0.25, -0.2) is 26.9 Å². The lowest BCUT2D eigenvalue weighted by Crippen LogP contribution is -2.38. The molecule has 0 spiro atoms. The fourth-order valence-electron chi connectivity index (χ4n) is 2.54. The van der Waals surface area contributed by atoms with Crippen molar-refractivity contribution in [2.75, 3.05) is 11.5 Å². The zero-order valence-electron chi connectivity index (χ0n) is 14.0. The zero-order valence-corrected chi connectivity index (χ0v) is 15.6. The summed E-state index contributed by atoms with van der Waals surface area (Å²) in [5, 5.41) is 9.55. The van der Waals surface area contributed by atoms with Crippen molar-refractivity contribution in [1.82, 2.24) is 0 Å². The van der Waals surface area contributed by atoms with E-state index in [1.54, 1.807) is 0 Å². The van der Waals surface area contributed by atoms with E-state index in [1.165, 1.54) is 12.3 Å². The van der Waals surface area contributed by atoms with Crippen LogP contribution in [0.1, 0.15) is 5.56 Å². The number of benzene rings is 2. The van der Waals surface area contributed by atoms with Crippen LogP contribution in [0, 0.1) is 29.1 Å². The Morgan fingerprint density at radius 2 is 1.64 bits per heavy atom. The first-order valence-corrected chi connectivity index (χ1v) is 8.65. The van der Waals surface area contributed by atoms with Crippen molar-refractivity contribution >= 4 is 27.5 Å². The molecule has 1 heterocycles. The normalized spacial score (nSPS) is 16.7. The first kappa shape index (κ1) is 20.3. The number of nitrogens with zero attached hydrogens (tertiary/aromatic N) is 2. The van der Waals surface area contributed by atoms with Crippen LogP contribution in [0.2, 0.25) is 0 Å². The van der Waals surface area contributed by atoms with E-state index in [0.29, 0.717) is 18.2 Å². The molecule has 0 radical (unpaired) electrons. The minimum Gasteiger partial charge on any atom is -0.472 e. The summed E-state index contributed by atoms with van der Waals surface area (Å²) in [6.07, 6.45) is 0.0210. The molecule has 1 aliphatic rings. The minimum absolute atomic E-state index is 0.0583. The van der Waals surface area contributed by atoms with E-state index < -0.39 is 47.5 Å². The maximum Gasteiger partial charge on any atom is 0.227 e. The van der Waals surface area contributed by atoms with Gasteiger partial charge < -0.3 is 14.7 Å². The molecule has 1 unspecified atom stereocenters. The number of aliphatic hydroxyl groups is 1. The molecule has 1 atom stereocenters. The molecule has 0 fully saturated rings. The highest BCUT2D eigenvalue weighted by Crippen LogP contribution is 2.31. The van der Waals surface area contributed by atoms with Crippen molar-refractivity contribution < 1.29 is 31.8 Å². The lowest BCUT2D eigenvalue weighted by Gasteiger charge is -2.31. The van der Waals surface area contributed by atoms with Crippen LogP contribution in [0.25, 0.3) is 0 Å². The molecule has 148 valence electrons. The van der Waals surface area contributed by atoms with E-state index in [2.05, 4.69) is 20.9 Å². The number of halogens is 6. The highest BCUT2D eigenvalue weighted by Gasteiger charge is 2.29. The Balaban J connectivity index is 1.85. The maximum absolute atomic E-state index is 14.1. The number of aliphatic hydroxyl groups excluding tert-OH is 1. The van der Waals surface area contributed by atoms with Gasteiger partial charge in [-0.2, -0.15) is 0 Å². The third-order valence-corrected chi connectivity index (χ3v) is 4.37. The second kappa shape index (κ2) is 8.27. The molecule has 2 aromatic rings. The predicted molar refractivity (Wildman–Crippen MR) is 95.3 cm³/mol. The van der Waals surface area contributed by atoms with Gasteiger partial charge in [0.2, 0.25) is 5.90 Å². The van der Waals surface area contributed by atoms with E-state index in [4.69, 9.17) is 4.74 Å². The monoisotopic (exact) mass is 462 g/mol. The Bertz CT molecular complexity index is 944. The van der Waals surface area contributed by atoms with Gasteiger partial charge in [-0.05, 0) is 28.1 Å². The fraction of sp³-hybridized carbons (Fsp3) is 0.167. The van der Waals surface area contributed by atoms with Crippen LogP contribution in [0.3, 0.4) is 0 Å². The summed E-state index contributed by atoms with van der Waals surface area (Å²) >= 11 is 3.13. The van der Waals surface area contributed by atoms with Gasteiger partial charge in [-0.3, -0.25) is 0 Å². The molecule has 0 amide bonds. The van der Waals surface area contributed by atoms with Crippen LogP contribution in [0.4, 0.5) is 27.6 Å². The lowest BCUT2D eigenvalue weighted by molar-refractivity contribution is 0.252. The predicted octanol–water partition coefficient (Wildman–Crippen LogP) is 4.37. The molecule has 0 aliphatic carbocycles. The smallest absolute Gasteiger partial charge is 0.227 e. The Morgan fingerprint density at radius 1 is 1.00 bits per heavy atom. The molecular weight excluding hydrogens is 451 g/mol. The van der Waals surface area contributed by atoms with E-state index >= 15 is 0 Å². The first-order chi connectivity index (χ1) is 13.3. The largest absolute Gasteiger partial charge is 0.472 e. The highest BCUT2D eigenvalue weighted by atomic mass is 79.9. The lowest BCUT2D eigenvalue weighted by atomic mass is 10.2. The van der Waals surface area contributed by atoms with Crippen LogP contribution in [0.15, 0.2) is 46.0 Å². The Hall–Kier alpha value is -2.46. The molecule has 0 aromatic heterocycles. The molecule has 10 heteroatoms. The average Bonchev–Trinajstić information content (AvgIpc) is 2.61. The summed E-state index contributed by atoms with van der Waals surface area (Å²) in [5.74, 6) is -5.07. The molecule has 28 heavy (non-hydrogen) atoms. The number of hydrogen-bond donors (Lipinski definition) is 1. The third kappa shape index (κ3) is 4.17. The van der Waals surface area contributed by atoms with Crippen molar-refractivity contribution in [3.05, 3.63) is 75.7 Å². The van der Waals surface area contributed by atoms with Gasteiger partial charge in [0.1, 0.15) is 29.7 Å². The fourth-order valence-corrected chi connectivity index (χ4v) is 2.97. The second-order valence-corrected chi connectivity index (χ2v) is 6.58. The number of ether oxygens (including phenoxy) is 1. The van der Waals surface area contributed by atoms with Crippen LogP contribution in [-0.4, -0.2) is 23.8 Å². The standard InChI is InChI=1S/C18H12BrF5N2O2/c19-12-6-26(17-14(23)4-11(21)5-15(17)24)16(7-27)25-18(12)28-8-9-1-2-10(20)3-13(9)22/h1-6,16,27H,7-8H2. The highest BCUT2D eigenvalue weighted by molar-refractivity contribution is 9.12. The Labute approximate surface area is 164 Å². The number of aliphatic imine (C=N–C) groups is 1. The molecule has 4 nitrogen and oxygen atoms in total. The first-order valence-electron chi connectivity index (χ1n) is 7.86. The molecule has 3 rings (SSSR count). The topological polar surface area (TPSA) is 45.1 Å². The van der Waals surface area contributed by atoms with Crippen molar-refractivity contribution in [2.24, 2.45) is 4.99 Å². The van der Waals surface area contributed by atoms with Crippen LogP contribution < -0.4 is 4.90 Å². The van der Waals surface area contributed by atoms with Gasteiger partial charge >= 0.3 is 0 Å². The van der Waals surface area contributed by atoms with Gasteiger partial charge in [0, 0.05) is 30.0 Å². The zero-order chi connectivity index (χ0) is 20.4. The number of rotatable bonds is 4. The van der Waals surface area contributed by atoms with E-state index in [1.807, 2.05) is 0 Å². The van der Waals surface area contributed by atoms with Crippen molar-refractivity contribution in [2.45, 2.75) is 12.8 Å². The van der Waals surface area contributed by atoms with Gasteiger partial charge in [0.05, 0.1) is 11.1 Å². The van der Waals surface area contributed by atoms with E-state index in [9.17, 15) is 27.1 Å². The van der Waals surface area contributed by atoms with Crippen LogP contribution >= 0.6 is 15.9 Å². The van der Waals surface area contributed by atoms with Gasteiger partial charge in [-0.15, -0.1) is 0 Å². The van der Waals surface area contributed by atoms with E-state index in [0.717, 1.165) is 11.0 Å². The average molecular weight is 463 g/mol. The van der Waals surface area contributed by atoms with Crippen molar-refractivity contribution in [3.63, 3.8) is 0 Å². The Morgan fingerprint density at radius 3 is 2.25 bits per heavy atom. The number of anilines is 1. The summed E-state index contributed by atoms with van der Waals surface area (Å²) in [5.41, 5.74) is -0.548. The van der Waals surface area contributed by atoms with Crippen molar-refractivity contribution in [1.29, 1.82) is 0 Å². The SMILES string of the molecule is OCC1N=C(OCc2ccc(F)cc2F)C(Br)=CN1c1c(F)cc(F)cc1F. The minimum atomic E-state index is -1.18. The molecule has 0 bridgehead atoms. The van der Waals surface area contributed by atoms with Crippen LogP contribution in [0.5, 0.6) is 0 Å². The van der Waals surface area contributed by atoms with Gasteiger partial charge in [-0.1, -0.05) is 0 Å². The Kier molecular flexibility index (Phi) is 5.99. The molecule has 1 N–H and O–H groups in total. The molecule has 0 saturated carbocycles. The number of hydrogen-bond acceptors (Lipinski definition) is 4. The summed E-state index contributed by atoms with van der Waals surface area (Å²) in [4.78, 5) is 5.01. The van der Waals surface area contributed by atoms with Gasteiger partial charge in [0.25, 0.3) is 0 Å².